The fourth-order valence-electron chi connectivity index (χ4n) is 7.65. The maximum Gasteiger partial charge on any atom is 0.414 e. The van der Waals surface area contributed by atoms with Gasteiger partial charge in [0, 0.05) is 39.1 Å². The Labute approximate surface area is 321 Å². The second kappa shape index (κ2) is 19.3. The Bertz CT molecular complexity index is 1430. The number of hydrogen-bond donors (Lipinski definition) is 2. The van der Waals surface area contributed by atoms with Crippen LogP contribution < -0.4 is 20.5 Å². The number of amides is 3. The molecule has 3 N–H and O–H groups in total. The Morgan fingerprint density at radius 2 is 1.72 bits per heavy atom. The van der Waals surface area contributed by atoms with E-state index in [-0.39, 0.29) is 42.9 Å². The van der Waals surface area contributed by atoms with Crippen LogP contribution in [0.15, 0.2) is 18.2 Å². The van der Waals surface area contributed by atoms with Crippen LogP contribution in [0.3, 0.4) is 0 Å². The van der Waals surface area contributed by atoms with E-state index < -0.39 is 47.7 Å². The highest BCUT2D eigenvalue weighted by Crippen LogP contribution is 2.41. The van der Waals surface area contributed by atoms with E-state index in [1.165, 1.54) is 0 Å². The predicted octanol–water partition coefficient (Wildman–Crippen LogP) is 4.37. The van der Waals surface area contributed by atoms with Gasteiger partial charge in [0.25, 0.3) is 0 Å². The number of esters is 1. The summed E-state index contributed by atoms with van der Waals surface area (Å²) in [7, 11) is 3.27. The minimum Gasteiger partial charge on any atom is -0.493 e. The lowest BCUT2D eigenvalue weighted by atomic mass is 9.80. The zero-order chi connectivity index (χ0) is 39.6. The van der Waals surface area contributed by atoms with Crippen LogP contribution >= 0.6 is 0 Å². The van der Waals surface area contributed by atoms with Crippen molar-refractivity contribution in [2.45, 2.75) is 92.2 Å². The van der Waals surface area contributed by atoms with E-state index in [2.05, 4.69) is 24.1 Å². The molecule has 0 aliphatic carbocycles. The zero-order valence-electron chi connectivity index (χ0n) is 33.6. The summed E-state index contributed by atoms with van der Waals surface area (Å²) in [5.41, 5.74) is 5.18. The standard InChI is InChI=1S/C40H64N4O10/c1-26(2)29(18-28-10-11-32(50-8)34(19-28)51-17-9-16-49-7)20-31-33(21-30(27(3)4)35(45)42-22-39(5,6)36(41)46)52-24-44(31)38(48)54-25-53-37(47)40-12-14-43(23-40)15-13-40/h10-11,19,26-27,29-31,33H,9,12-18,20-25H2,1-8H3,(H2,41,46)(H,42,45)/t29-,30+,31+,33+/m1/s1. The lowest BCUT2D eigenvalue weighted by molar-refractivity contribution is -0.163. The maximum atomic E-state index is 13.7. The number of carbonyl (C=O) groups excluding carboxylic acids is 4. The number of carbonyl (C=O) groups is 4. The number of ether oxygens (including phenoxy) is 6. The molecular formula is C40H64N4O10. The third kappa shape index (κ3) is 11.0. The molecule has 1 aromatic rings. The van der Waals surface area contributed by atoms with Gasteiger partial charge in [-0.25, -0.2) is 4.79 Å². The predicted molar refractivity (Wildman–Crippen MR) is 201 cm³/mol. The summed E-state index contributed by atoms with van der Waals surface area (Å²) in [6.45, 7) is 14.7. The molecule has 4 rings (SSSR count). The summed E-state index contributed by atoms with van der Waals surface area (Å²) in [4.78, 5) is 56.1. The summed E-state index contributed by atoms with van der Waals surface area (Å²) in [5.74, 6) is 0.0533. The SMILES string of the molecule is COCCCOc1cc(C[C@H](C[C@H]2[C@H](C[C@H](C(=O)NCC(C)(C)C(N)=O)C(C)C)OCN2C(=O)OCOC(=O)C23CCN(CC2)C3)C(C)C)ccc1OC. The molecule has 3 aliphatic rings. The third-order valence-electron chi connectivity index (χ3n) is 11.6. The number of nitrogens with one attached hydrogen (secondary N) is 1. The van der Waals surface area contributed by atoms with Crippen LogP contribution in [0.1, 0.15) is 79.2 Å². The van der Waals surface area contributed by atoms with Crippen molar-refractivity contribution in [3.05, 3.63) is 23.8 Å². The molecular weight excluding hydrogens is 696 g/mol. The van der Waals surface area contributed by atoms with Crippen LogP contribution in [-0.2, 0) is 39.8 Å². The number of fused-ring (bicyclic) bond motifs is 2. The first-order valence-electron chi connectivity index (χ1n) is 19.4. The lowest BCUT2D eigenvalue weighted by Crippen LogP contribution is -2.47. The number of methoxy groups -OCH3 is 2. The molecule has 14 nitrogen and oxygen atoms in total. The molecule has 1 aromatic carbocycles. The Morgan fingerprint density at radius 3 is 2.31 bits per heavy atom. The monoisotopic (exact) mass is 760 g/mol. The van der Waals surface area contributed by atoms with E-state index in [0.29, 0.717) is 50.5 Å². The number of primary amides is 1. The molecule has 14 heteroatoms. The Hall–Kier alpha value is -3.62. The van der Waals surface area contributed by atoms with E-state index in [1.807, 2.05) is 32.0 Å². The van der Waals surface area contributed by atoms with Gasteiger partial charge < -0.3 is 44.4 Å². The zero-order valence-corrected chi connectivity index (χ0v) is 33.6. The molecule has 3 fully saturated rings. The number of hydrogen-bond acceptors (Lipinski definition) is 11. The van der Waals surface area contributed by atoms with Crippen LogP contribution in [0.5, 0.6) is 11.5 Å². The van der Waals surface area contributed by atoms with Crippen LogP contribution in [0.4, 0.5) is 4.79 Å². The molecule has 3 heterocycles. The van der Waals surface area contributed by atoms with Gasteiger partial charge in [0.2, 0.25) is 18.6 Å². The fraction of sp³-hybridized carbons (Fsp3) is 0.750. The van der Waals surface area contributed by atoms with Crippen molar-refractivity contribution in [1.82, 2.24) is 15.1 Å². The van der Waals surface area contributed by atoms with Crippen molar-refractivity contribution in [1.29, 1.82) is 0 Å². The Kier molecular flexibility index (Phi) is 15.4. The number of nitrogens with two attached hydrogens (primary N) is 1. The first-order chi connectivity index (χ1) is 25.6. The minimum atomic E-state index is -0.914. The highest BCUT2D eigenvalue weighted by molar-refractivity contribution is 5.83. The van der Waals surface area contributed by atoms with E-state index in [9.17, 15) is 19.2 Å². The number of piperidine rings is 1. The Morgan fingerprint density at radius 1 is 1.00 bits per heavy atom. The van der Waals surface area contributed by atoms with Gasteiger partial charge in [-0.05, 0) is 94.5 Å². The average Bonchev–Trinajstić information content (AvgIpc) is 3.87. The van der Waals surface area contributed by atoms with Gasteiger partial charge in [-0.1, -0.05) is 33.8 Å². The van der Waals surface area contributed by atoms with Gasteiger partial charge in [-0.15, -0.1) is 0 Å². The van der Waals surface area contributed by atoms with Crippen molar-refractivity contribution in [3.63, 3.8) is 0 Å². The molecule has 4 atom stereocenters. The first kappa shape index (κ1) is 43.1. The molecule has 54 heavy (non-hydrogen) atoms. The van der Waals surface area contributed by atoms with Gasteiger partial charge in [0.1, 0.15) is 6.73 Å². The Balaban J connectivity index is 1.51. The molecule has 0 aromatic heterocycles. The van der Waals surface area contributed by atoms with Crippen LogP contribution in [0.25, 0.3) is 0 Å². The van der Waals surface area contributed by atoms with Crippen molar-refractivity contribution in [2.24, 2.45) is 40.2 Å². The van der Waals surface area contributed by atoms with Gasteiger partial charge in [0.05, 0.1) is 36.7 Å². The van der Waals surface area contributed by atoms with E-state index in [0.717, 1.165) is 37.9 Å². The van der Waals surface area contributed by atoms with Crippen LogP contribution in [0.2, 0.25) is 0 Å². The second-order valence-electron chi connectivity index (χ2n) is 16.6. The highest BCUT2D eigenvalue weighted by Gasteiger charge is 2.50. The van der Waals surface area contributed by atoms with E-state index in [4.69, 9.17) is 34.2 Å². The topological polar surface area (TPSA) is 168 Å². The van der Waals surface area contributed by atoms with Gasteiger partial charge in [-0.2, -0.15) is 0 Å². The highest BCUT2D eigenvalue weighted by atomic mass is 16.7. The normalized spacial score (nSPS) is 23.4. The number of benzene rings is 1. The minimum absolute atomic E-state index is 0.0328. The van der Waals surface area contributed by atoms with Crippen molar-refractivity contribution >= 4 is 23.9 Å². The summed E-state index contributed by atoms with van der Waals surface area (Å²) >= 11 is 0. The van der Waals surface area contributed by atoms with Crippen LogP contribution in [0, 0.1) is 34.5 Å². The van der Waals surface area contributed by atoms with Crippen molar-refractivity contribution < 1.29 is 47.6 Å². The van der Waals surface area contributed by atoms with E-state index in [1.54, 1.807) is 33.0 Å². The molecule has 3 amide bonds. The molecule has 3 saturated heterocycles. The summed E-state index contributed by atoms with van der Waals surface area (Å²) in [6.07, 6.45) is 2.71. The maximum absolute atomic E-state index is 13.7. The third-order valence-corrected chi connectivity index (χ3v) is 11.6. The summed E-state index contributed by atoms with van der Waals surface area (Å²) in [5, 5.41) is 2.93. The van der Waals surface area contributed by atoms with Gasteiger partial charge in [-0.3, -0.25) is 19.3 Å². The molecule has 3 aliphatic heterocycles. The fourth-order valence-corrected chi connectivity index (χ4v) is 7.65. The molecule has 304 valence electrons. The molecule has 0 unspecified atom stereocenters. The molecule has 0 saturated carbocycles. The average molecular weight is 761 g/mol. The largest absolute Gasteiger partial charge is 0.493 e. The number of nitrogens with zero attached hydrogens (tertiary/aromatic N) is 2. The van der Waals surface area contributed by atoms with Crippen molar-refractivity contribution in [2.75, 3.05) is 67.1 Å². The van der Waals surface area contributed by atoms with Gasteiger partial charge in [0.15, 0.2) is 11.5 Å². The molecule has 0 radical (unpaired) electrons. The van der Waals surface area contributed by atoms with Crippen LogP contribution in [-0.4, -0.2) is 113 Å². The second-order valence-corrected chi connectivity index (χ2v) is 16.6. The summed E-state index contributed by atoms with van der Waals surface area (Å²) < 4.78 is 34.2. The molecule has 0 spiro atoms. The van der Waals surface area contributed by atoms with E-state index >= 15 is 0 Å². The van der Waals surface area contributed by atoms with Crippen molar-refractivity contribution in [3.8, 4) is 11.5 Å². The quantitative estimate of drug-likeness (QED) is 0.104. The first-order valence-corrected chi connectivity index (χ1v) is 19.4. The number of rotatable bonds is 21. The lowest BCUT2D eigenvalue weighted by Gasteiger charge is -2.33. The van der Waals surface area contributed by atoms with Gasteiger partial charge >= 0.3 is 12.1 Å². The molecule has 2 bridgehead atoms. The summed E-state index contributed by atoms with van der Waals surface area (Å²) in [6, 6.07) is 5.50. The smallest absolute Gasteiger partial charge is 0.414 e.